The van der Waals surface area contributed by atoms with E-state index in [1.807, 2.05) is 50.2 Å². The number of nitrogens with one attached hydrogen (secondary N) is 1. The number of aromatic nitrogens is 2. The SMILES string of the molecule is Cc1noc(C)c1CN(C)C(=O)NCc1ccc(-c2nc3ccccc3s2)o1. The monoisotopic (exact) mass is 396 g/mol. The number of para-hydroxylation sites is 1. The first-order valence-electron chi connectivity index (χ1n) is 8.86. The zero-order chi connectivity index (χ0) is 19.7. The summed E-state index contributed by atoms with van der Waals surface area (Å²) in [5.74, 6) is 2.10. The summed E-state index contributed by atoms with van der Waals surface area (Å²) in [4.78, 5) is 18.6. The number of urea groups is 1. The maximum atomic E-state index is 12.4. The molecule has 0 atom stereocenters. The topological polar surface area (TPSA) is 84.4 Å². The highest BCUT2D eigenvalue weighted by Gasteiger charge is 2.16. The van der Waals surface area contributed by atoms with Crippen molar-refractivity contribution in [2.75, 3.05) is 7.05 Å². The molecule has 0 saturated heterocycles. The number of rotatable bonds is 5. The van der Waals surface area contributed by atoms with Gasteiger partial charge in [0.15, 0.2) is 10.8 Å². The Kier molecular flexibility index (Phi) is 4.87. The molecule has 0 spiro atoms. The summed E-state index contributed by atoms with van der Waals surface area (Å²) in [7, 11) is 1.73. The molecule has 0 aliphatic carbocycles. The first-order valence-corrected chi connectivity index (χ1v) is 9.68. The number of aryl methyl sites for hydroxylation is 2. The molecule has 0 unspecified atom stereocenters. The molecule has 3 heterocycles. The van der Waals surface area contributed by atoms with E-state index in [0.29, 0.717) is 24.6 Å². The summed E-state index contributed by atoms with van der Waals surface area (Å²) in [5.41, 5.74) is 2.67. The highest BCUT2D eigenvalue weighted by Crippen LogP contribution is 2.31. The van der Waals surface area contributed by atoms with Gasteiger partial charge in [-0.15, -0.1) is 11.3 Å². The number of fused-ring (bicyclic) bond motifs is 1. The van der Waals surface area contributed by atoms with E-state index in [9.17, 15) is 4.79 Å². The van der Waals surface area contributed by atoms with Crippen LogP contribution in [0.2, 0.25) is 0 Å². The molecule has 8 heteroatoms. The molecule has 28 heavy (non-hydrogen) atoms. The Morgan fingerprint density at radius 3 is 2.79 bits per heavy atom. The van der Waals surface area contributed by atoms with E-state index in [1.54, 1.807) is 23.3 Å². The van der Waals surface area contributed by atoms with Crippen molar-refractivity contribution in [1.29, 1.82) is 0 Å². The molecule has 0 saturated carbocycles. The van der Waals surface area contributed by atoms with E-state index >= 15 is 0 Å². The molecule has 7 nitrogen and oxygen atoms in total. The van der Waals surface area contributed by atoms with Crippen LogP contribution >= 0.6 is 11.3 Å². The molecule has 0 aliphatic heterocycles. The molecule has 0 bridgehead atoms. The molecular formula is C20H20N4O3S. The van der Waals surface area contributed by atoms with E-state index in [2.05, 4.69) is 15.5 Å². The minimum Gasteiger partial charge on any atom is -0.457 e. The van der Waals surface area contributed by atoms with Crippen molar-refractivity contribution >= 4 is 27.6 Å². The third-order valence-electron chi connectivity index (χ3n) is 4.50. The summed E-state index contributed by atoms with van der Waals surface area (Å²) in [6, 6.07) is 11.5. The molecule has 0 fully saturated rings. The Morgan fingerprint density at radius 1 is 1.21 bits per heavy atom. The fraction of sp³-hybridized carbons (Fsp3) is 0.250. The van der Waals surface area contributed by atoms with Crippen LogP contribution in [0.15, 0.2) is 45.3 Å². The van der Waals surface area contributed by atoms with Crippen molar-refractivity contribution in [2.45, 2.75) is 26.9 Å². The summed E-state index contributed by atoms with van der Waals surface area (Å²) >= 11 is 1.58. The lowest BCUT2D eigenvalue weighted by molar-refractivity contribution is 0.205. The lowest BCUT2D eigenvalue weighted by Gasteiger charge is -2.17. The van der Waals surface area contributed by atoms with Crippen molar-refractivity contribution in [3.05, 3.63) is 59.2 Å². The molecule has 1 aromatic carbocycles. The van der Waals surface area contributed by atoms with Crippen LogP contribution in [0.25, 0.3) is 21.0 Å². The number of furan rings is 1. The maximum Gasteiger partial charge on any atom is 0.317 e. The number of thiazole rings is 1. The second-order valence-corrected chi connectivity index (χ2v) is 7.60. The Hall–Kier alpha value is -3.13. The van der Waals surface area contributed by atoms with Gasteiger partial charge in [-0.3, -0.25) is 0 Å². The number of carbonyl (C=O) groups excluding carboxylic acids is 1. The Labute approximate surface area is 166 Å². The van der Waals surface area contributed by atoms with Crippen LogP contribution in [-0.2, 0) is 13.1 Å². The fourth-order valence-electron chi connectivity index (χ4n) is 2.90. The number of nitrogens with zero attached hydrogens (tertiary/aromatic N) is 3. The maximum absolute atomic E-state index is 12.4. The van der Waals surface area contributed by atoms with E-state index in [1.165, 1.54) is 0 Å². The lowest BCUT2D eigenvalue weighted by atomic mass is 10.2. The third kappa shape index (κ3) is 3.63. The Bertz CT molecular complexity index is 1080. The molecule has 2 amide bonds. The number of hydrogen-bond donors (Lipinski definition) is 1. The normalized spacial score (nSPS) is 11.1. The van der Waals surface area contributed by atoms with Crippen molar-refractivity contribution in [3.63, 3.8) is 0 Å². The zero-order valence-corrected chi connectivity index (χ0v) is 16.7. The molecule has 0 aliphatic rings. The fourth-order valence-corrected chi connectivity index (χ4v) is 3.83. The quantitative estimate of drug-likeness (QED) is 0.537. The number of hydrogen-bond acceptors (Lipinski definition) is 6. The zero-order valence-electron chi connectivity index (χ0n) is 15.9. The minimum atomic E-state index is -0.196. The Balaban J connectivity index is 1.38. The average Bonchev–Trinajstić information content (AvgIpc) is 3.40. The van der Waals surface area contributed by atoms with E-state index in [0.717, 1.165) is 32.2 Å². The van der Waals surface area contributed by atoms with Crippen LogP contribution in [0.4, 0.5) is 4.79 Å². The van der Waals surface area contributed by atoms with Gasteiger partial charge in [-0.2, -0.15) is 0 Å². The smallest absolute Gasteiger partial charge is 0.317 e. The highest BCUT2D eigenvalue weighted by atomic mass is 32.1. The van der Waals surface area contributed by atoms with Gasteiger partial charge in [0.05, 0.1) is 29.0 Å². The van der Waals surface area contributed by atoms with Crippen LogP contribution in [0.3, 0.4) is 0 Å². The van der Waals surface area contributed by atoms with E-state index in [4.69, 9.17) is 8.94 Å². The van der Waals surface area contributed by atoms with E-state index in [-0.39, 0.29) is 6.03 Å². The van der Waals surface area contributed by atoms with Crippen molar-refractivity contribution in [3.8, 4) is 10.8 Å². The van der Waals surface area contributed by atoms with Gasteiger partial charge in [-0.1, -0.05) is 17.3 Å². The average molecular weight is 396 g/mol. The third-order valence-corrected chi connectivity index (χ3v) is 5.55. The van der Waals surface area contributed by atoms with Crippen molar-refractivity contribution < 1.29 is 13.7 Å². The molecule has 0 radical (unpaired) electrons. The molecule has 4 aromatic rings. The minimum absolute atomic E-state index is 0.196. The first-order chi connectivity index (χ1) is 13.5. The van der Waals surface area contributed by atoms with Crippen LogP contribution in [0.1, 0.15) is 22.8 Å². The predicted octanol–water partition coefficient (Wildman–Crippen LogP) is 4.50. The summed E-state index contributed by atoms with van der Waals surface area (Å²) in [6.07, 6.45) is 0. The molecule has 1 N–H and O–H groups in total. The molecule has 144 valence electrons. The second kappa shape index (κ2) is 7.47. The summed E-state index contributed by atoms with van der Waals surface area (Å²) in [5, 5.41) is 7.61. The highest BCUT2D eigenvalue weighted by molar-refractivity contribution is 7.21. The second-order valence-electron chi connectivity index (χ2n) is 6.57. The van der Waals surface area contributed by atoms with Crippen molar-refractivity contribution in [2.24, 2.45) is 0 Å². The summed E-state index contributed by atoms with van der Waals surface area (Å²) < 4.78 is 12.1. The summed E-state index contributed by atoms with van der Waals surface area (Å²) in [6.45, 7) is 4.44. The van der Waals surface area contributed by atoms with Gasteiger partial charge in [-0.25, -0.2) is 9.78 Å². The van der Waals surface area contributed by atoms with Crippen LogP contribution in [0.5, 0.6) is 0 Å². The van der Waals surface area contributed by atoms with Gasteiger partial charge in [-0.05, 0) is 38.1 Å². The van der Waals surface area contributed by atoms with E-state index < -0.39 is 0 Å². The number of carbonyl (C=O) groups is 1. The molecule has 4 rings (SSSR count). The standard InChI is InChI=1S/C20H20N4O3S/c1-12-15(13(2)27-23-12)11-24(3)20(25)21-10-14-8-9-17(26-14)19-22-16-6-4-5-7-18(16)28-19/h4-9H,10-11H2,1-3H3,(H,21,25). The molecule has 3 aromatic heterocycles. The number of amides is 2. The first kappa shape index (κ1) is 18.2. The van der Waals surface area contributed by atoms with Gasteiger partial charge >= 0.3 is 6.03 Å². The molecular weight excluding hydrogens is 376 g/mol. The van der Waals surface area contributed by atoms with Gasteiger partial charge in [0.25, 0.3) is 0 Å². The van der Waals surface area contributed by atoms with Crippen LogP contribution < -0.4 is 5.32 Å². The predicted molar refractivity (Wildman–Crippen MR) is 107 cm³/mol. The van der Waals surface area contributed by atoms with Crippen LogP contribution in [-0.4, -0.2) is 28.1 Å². The van der Waals surface area contributed by atoms with Crippen molar-refractivity contribution in [1.82, 2.24) is 20.4 Å². The van der Waals surface area contributed by atoms with Gasteiger partial charge in [0.2, 0.25) is 0 Å². The lowest BCUT2D eigenvalue weighted by Crippen LogP contribution is -2.36. The Morgan fingerprint density at radius 2 is 2.04 bits per heavy atom. The largest absolute Gasteiger partial charge is 0.457 e. The van der Waals surface area contributed by atoms with Gasteiger partial charge in [0.1, 0.15) is 11.5 Å². The van der Waals surface area contributed by atoms with Crippen LogP contribution in [0, 0.1) is 13.8 Å². The van der Waals surface area contributed by atoms with Gasteiger partial charge in [0, 0.05) is 12.6 Å². The number of benzene rings is 1. The van der Waals surface area contributed by atoms with Gasteiger partial charge < -0.3 is 19.2 Å².